The number of benzene rings is 10. The van der Waals surface area contributed by atoms with E-state index in [4.69, 9.17) is 32.2 Å². The van der Waals surface area contributed by atoms with E-state index in [1.807, 2.05) is 87.5 Å². The average Bonchev–Trinajstić information content (AvgIpc) is 0.856. The van der Waals surface area contributed by atoms with Crippen molar-refractivity contribution >= 4 is 98.8 Å². The Bertz CT molecular complexity index is 5250. The van der Waals surface area contributed by atoms with Gasteiger partial charge in [0.2, 0.25) is 0 Å². The van der Waals surface area contributed by atoms with Gasteiger partial charge < -0.3 is 41.7 Å². The SMILES string of the molecule is Cc1ccc(-c2ccc(S(=O)(=O)OCC(=O)Nc3ccc(C(=O)O)c(O)c3)cc2)cc1.Cc1ccc(S(=O)(=O)OCC(=O)Nc2ccc(C#N)cc2)cc1.Cc1ccc(S(=O)(=O)OCC(=O)Nc2ccccc2)cc1.O=C(COS(=O)(=O)c1ccc(-c2ccccc2)cc1)Nc1ccc(C(=O)O)c(O)c1. The van der Waals surface area contributed by atoms with Gasteiger partial charge in [0.1, 0.15) is 49.1 Å². The molecule has 0 spiro atoms. The molecule has 10 aromatic carbocycles. The number of carbonyl (C=O) groups is 6. The van der Waals surface area contributed by atoms with Crippen molar-refractivity contribution in [1.29, 1.82) is 5.26 Å². The number of carboxylic acids is 2. The second-order valence-corrected chi connectivity index (χ2v) is 28.6. The Labute approximate surface area is 604 Å². The van der Waals surface area contributed by atoms with E-state index in [9.17, 15) is 72.7 Å². The molecule has 4 amide bonds. The van der Waals surface area contributed by atoms with Crippen LogP contribution >= 0.6 is 0 Å². The lowest BCUT2D eigenvalue weighted by molar-refractivity contribution is -0.118. The number of nitrogens with zero attached hydrogens (tertiary/aromatic N) is 1. The fourth-order valence-corrected chi connectivity index (χ4v) is 12.2. The standard InChI is InChI=1S/C22H19NO7S.C21H17NO7S.C16H14N2O4S.C15H15NO4S/c1-14-2-4-15(5-3-14)16-6-9-18(10-7-16)31(28,29)30-13-21(25)23-17-8-11-19(22(26)27)20(24)12-17;23-19-12-16(8-11-18(19)21(25)26)22-20(24)13-29-30(27,28)17-9-6-15(7-10-17)14-4-2-1-3-5-14;1-12-2-8-15(9-3-12)23(20,21)22-11-16(19)18-14-6-4-13(10-17)5-7-14;1-12-7-9-14(10-8-12)21(18,19)20-11-15(17)16-13-5-3-2-4-6-13/h2-12,24H,13H2,1H3,(H,23,25)(H,26,27);1-12,23H,13H2,(H,22,24)(H,25,26);2-9H,11H2,1H3,(H,18,19);2-10H,11H2,1H3,(H,16,17). The van der Waals surface area contributed by atoms with Gasteiger partial charge in [0, 0.05) is 34.9 Å². The summed E-state index contributed by atoms with van der Waals surface area (Å²) in [6.07, 6.45) is 0. The molecule has 0 aliphatic rings. The number of nitriles is 1. The molecule has 0 saturated heterocycles. The Kier molecular flexibility index (Phi) is 28.3. The van der Waals surface area contributed by atoms with Gasteiger partial charge >= 0.3 is 11.9 Å². The molecular weight excluding hydrogens is 1440 g/mol. The first kappa shape index (κ1) is 80.1. The van der Waals surface area contributed by atoms with Gasteiger partial charge in [-0.1, -0.05) is 138 Å². The van der Waals surface area contributed by atoms with Crippen LogP contribution in [0.25, 0.3) is 22.3 Å². The highest BCUT2D eigenvalue weighted by Crippen LogP contribution is 2.27. The van der Waals surface area contributed by atoms with Gasteiger partial charge in [0.25, 0.3) is 64.1 Å². The van der Waals surface area contributed by atoms with Crippen LogP contribution in [0.4, 0.5) is 22.7 Å². The van der Waals surface area contributed by atoms with E-state index in [2.05, 4.69) is 21.3 Å². The number of anilines is 4. The van der Waals surface area contributed by atoms with Gasteiger partial charge in [-0.25, -0.2) is 9.59 Å². The van der Waals surface area contributed by atoms with Crippen LogP contribution in [0, 0.1) is 32.1 Å². The van der Waals surface area contributed by atoms with Crippen LogP contribution in [0.2, 0.25) is 0 Å². The topological polar surface area (TPSA) is 429 Å². The van der Waals surface area contributed by atoms with Gasteiger partial charge in [-0.2, -0.15) is 38.9 Å². The summed E-state index contributed by atoms with van der Waals surface area (Å²) in [4.78, 5) is 68.9. The molecule has 0 aromatic heterocycles. The first-order valence-electron chi connectivity index (χ1n) is 30.7. The Morgan fingerprint density at radius 2 is 0.581 bits per heavy atom. The molecule has 105 heavy (non-hydrogen) atoms. The third-order valence-corrected chi connectivity index (χ3v) is 19.3. The van der Waals surface area contributed by atoms with Crippen LogP contribution < -0.4 is 21.3 Å². The highest BCUT2D eigenvalue weighted by Gasteiger charge is 2.23. The molecule has 0 bridgehead atoms. The molecule has 0 aliphatic carbocycles. The normalized spacial score (nSPS) is 11.0. The molecule has 0 atom stereocenters. The molecule has 0 heterocycles. The van der Waals surface area contributed by atoms with Crippen LogP contribution in [0.15, 0.2) is 262 Å². The zero-order valence-corrected chi connectivity index (χ0v) is 58.9. The quantitative estimate of drug-likeness (QED) is 0.0260. The summed E-state index contributed by atoms with van der Waals surface area (Å²) in [5.74, 6) is -6.43. The summed E-state index contributed by atoms with van der Waals surface area (Å²) in [7, 11) is -16.2. The van der Waals surface area contributed by atoms with Crippen molar-refractivity contribution in [2.75, 3.05) is 47.7 Å². The summed E-state index contributed by atoms with van der Waals surface area (Å²) in [5.41, 5.74) is 7.53. The molecule has 0 radical (unpaired) electrons. The van der Waals surface area contributed by atoms with Gasteiger partial charge in [-0.15, -0.1) is 0 Å². The number of hydrogen-bond acceptors (Lipinski definition) is 21. The van der Waals surface area contributed by atoms with Crippen LogP contribution in [0.1, 0.15) is 43.0 Å². The minimum atomic E-state index is -4.17. The van der Waals surface area contributed by atoms with Crippen LogP contribution in [0.5, 0.6) is 11.5 Å². The zero-order chi connectivity index (χ0) is 76.5. The fraction of sp³-hybridized carbons (Fsp3) is 0.0946. The molecule has 31 heteroatoms. The maximum Gasteiger partial charge on any atom is 0.339 e. The zero-order valence-electron chi connectivity index (χ0n) is 55.6. The molecular formula is C74H65N5O22S4. The summed E-state index contributed by atoms with van der Waals surface area (Å²) < 4.78 is 116. The largest absolute Gasteiger partial charge is 0.507 e. The summed E-state index contributed by atoms with van der Waals surface area (Å²) >= 11 is 0. The van der Waals surface area contributed by atoms with Gasteiger partial charge in [-0.3, -0.25) is 35.9 Å². The van der Waals surface area contributed by atoms with Crippen molar-refractivity contribution in [3.63, 3.8) is 0 Å². The maximum atomic E-state index is 12.3. The second kappa shape index (κ2) is 37.1. The average molecular weight is 1500 g/mol. The highest BCUT2D eigenvalue weighted by molar-refractivity contribution is 7.87. The number of para-hydroxylation sites is 1. The Morgan fingerprint density at radius 1 is 0.333 bits per heavy atom. The molecule has 27 nitrogen and oxygen atoms in total. The van der Waals surface area contributed by atoms with Crippen molar-refractivity contribution in [3.05, 3.63) is 276 Å². The van der Waals surface area contributed by atoms with Crippen LogP contribution in [0.3, 0.4) is 0 Å². The first-order chi connectivity index (χ1) is 49.8. The minimum absolute atomic E-state index is 0.00530. The van der Waals surface area contributed by atoms with Crippen molar-refractivity contribution in [3.8, 4) is 39.8 Å². The Morgan fingerprint density at radius 3 is 0.876 bits per heavy atom. The molecule has 10 rings (SSSR count). The number of nitrogens with one attached hydrogen (secondary N) is 4. The van der Waals surface area contributed by atoms with Crippen molar-refractivity contribution in [1.82, 2.24) is 0 Å². The van der Waals surface area contributed by atoms with E-state index in [-0.39, 0.29) is 42.1 Å². The van der Waals surface area contributed by atoms with E-state index < -0.39 is 114 Å². The van der Waals surface area contributed by atoms with Crippen LogP contribution in [-0.4, -0.2) is 116 Å². The number of carboxylic acid groups (broad SMARTS) is 2. The first-order valence-corrected chi connectivity index (χ1v) is 36.3. The summed E-state index contributed by atoms with van der Waals surface area (Å²) in [6, 6.07) is 65.4. The molecule has 0 unspecified atom stereocenters. The molecule has 8 N–H and O–H groups in total. The lowest BCUT2D eigenvalue weighted by atomic mass is 10.0. The van der Waals surface area contributed by atoms with E-state index in [1.54, 1.807) is 97.1 Å². The third-order valence-electron chi connectivity index (χ3n) is 14.2. The van der Waals surface area contributed by atoms with Crippen molar-refractivity contribution < 1.29 is 99.6 Å². The smallest absolute Gasteiger partial charge is 0.339 e. The lowest BCUT2D eigenvalue weighted by Crippen LogP contribution is -2.21. The number of amides is 4. The second-order valence-electron chi connectivity index (χ2n) is 22.1. The van der Waals surface area contributed by atoms with Gasteiger partial charge in [0.15, 0.2) is 0 Å². The summed E-state index contributed by atoms with van der Waals surface area (Å²) in [5, 5.41) is 55.4. The molecule has 0 saturated carbocycles. The number of phenols is 2. The Balaban J connectivity index is 0.000000198. The van der Waals surface area contributed by atoms with Crippen LogP contribution in [-0.2, 0) is 76.4 Å². The lowest BCUT2D eigenvalue weighted by Gasteiger charge is -2.09. The van der Waals surface area contributed by atoms with E-state index >= 15 is 0 Å². The number of aromatic carboxylic acids is 2. The predicted octanol–water partition coefficient (Wildman–Crippen LogP) is 11.1. The highest BCUT2D eigenvalue weighted by atomic mass is 32.2. The van der Waals surface area contributed by atoms with E-state index in [1.165, 1.54) is 60.7 Å². The number of carbonyl (C=O) groups excluding carboxylic acids is 4. The minimum Gasteiger partial charge on any atom is -0.507 e. The van der Waals surface area contributed by atoms with E-state index in [0.29, 0.717) is 16.9 Å². The maximum absolute atomic E-state index is 12.3. The van der Waals surface area contributed by atoms with E-state index in [0.717, 1.165) is 63.2 Å². The molecule has 10 aromatic rings. The molecule has 542 valence electrons. The monoisotopic (exact) mass is 1500 g/mol. The molecule has 0 aliphatic heterocycles. The van der Waals surface area contributed by atoms with Gasteiger partial charge in [-0.05, 0) is 152 Å². The summed E-state index contributed by atoms with van der Waals surface area (Å²) in [6.45, 7) is 2.89. The third kappa shape index (κ3) is 25.1. The fourth-order valence-electron chi connectivity index (χ4n) is 8.73. The number of hydrogen-bond donors (Lipinski definition) is 8. The van der Waals surface area contributed by atoms with Crippen molar-refractivity contribution in [2.24, 2.45) is 0 Å². The predicted molar refractivity (Wildman–Crippen MR) is 386 cm³/mol. The molecule has 0 fully saturated rings. The number of aromatic hydroxyl groups is 2. The number of rotatable bonds is 24. The van der Waals surface area contributed by atoms with Gasteiger partial charge in [0.05, 0.1) is 31.2 Å². The Hall–Kier alpha value is -12.3. The number of aryl methyl sites for hydroxylation is 3. The van der Waals surface area contributed by atoms with Crippen molar-refractivity contribution in [2.45, 2.75) is 40.4 Å².